The summed E-state index contributed by atoms with van der Waals surface area (Å²) in [5.74, 6) is 1.69. The fourth-order valence-corrected chi connectivity index (χ4v) is 3.40. The van der Waals surface area contributed by atoms with Crippen LogP contribution in [0.3, 0.4) is 0 Å². The third kappa shape index (κ3) is 3.69. The van der Waals surface area contributed by atoms with Gasteiger partial charge in [-0.3, -0.25) is 0 Å². The van der Waals surface area contributed by atoms with Crippen molar-refractivity contribution < 1.29 is 4.42 Å². The zero-order valence-corrected chi connectivity index (χ0v) is 13.1. The van der Waals surface area contributed by atoms with Gasteiger partial charge in [0.2, 0.25) is 0 Å². The molecule has 0 saturated heterocycles. The predicted molar refractivity (Wildman–Crippen MR) is 86.8 cm³/mol. The van der Waals surface area contributed by atoms with Gasteiger partial charge in [0.05, 0.1) is 6.26 Å². The summed E-state index contributed by atoms with van der Waals surface area (Å²) in [6.07, 6.45) is 6.24. The number of rotatable bonds is 6. The van der Waals surface area contributed by atoms with Gasteiger partial charge >= 0.3 is 0 Å². The quantitative estimate of drug-likeness (QED) is 0.830. The molecule has 1 unspecified atom stereocenters. The third-order valence-electron chi connectivity index (χ3n) is 4.41. The standard InChI is InChI=1S/C18H22ClNO/c1-13(8-9-16-5-4-10-21-16)20-15-11-14(12-15)17-6-2-3-7-18(17)19/h2-7,10,13-15,20H,8-9,11-12H2,1H3. The summed E-state index contributed by atoms with van der Waals surface area (Å²) in [6, 6.07) is 13.4. The van der Waals surface area contributed by atoms with Crippen molar-refractivity contribution in [1.29, 1.82) is 0 Å². The molecule has 3 heteroatoms. The second-order valence-corrected chi connectivity index (χ2v) is 6.48. The molecule has 0 bridgehead atoms. The van der Waals surface area contributed by atoms with Gasteiger partial charge in [-0.1, -0.05) is 29.8 Å². The molecule has 2 nitrogen and oxygen atoms in total. The van der Waals surface area contributed by atoms with E-state index in [1.165, 1.54) is 18.4 Å². The van der Waals surface area contributed by atoms with E-state index in [2.05, 4.69) is 24.4 Å². The minimum atomic E-state index is 0.521. The molecule has 3 rings (SSSR count). The van der Waals surface area contributed by atoms with Gasteiger partial charge in [0.1, 0.15) is 5.76 Å². The molecule has 0 radical (unpaired) electrons. The number of benzene rings is 1. The highest BCUT2D eigenvalue weighted by Crippen LogP contribution is 2.40. The highest BCUT2D eigenvalue weighted by Gasteiger charge is 2.31. The van der Waals surface area contributed by atoms with Crippen molar-refractivity contribution in [3.63, 3.8) is 0 Å². The minimum absolute atomic E-state index is 0.521. The Morgan fingerprint density at radius 1 is 1.24 bits per heavy atom. The van der Waals surface area contributed by atoms with Crippen LogP contribution in [0.5, 0.6) is 0 Å². The Hall–Kier alpha value is -1.25. The Kier molecular flexibility index (Phi) is 4.67. The summed E-state index contributed by atoms with van der Waals surface area (Å²) in [6.45, 7) is 2.26. The number of hydrogen-bond donors (Lipinski definition) is 1. The van der Waals surface area contributed by atoms with E-state index in [1.807, 2.05) is 24.3 Å². The molecule has 21 heavy (non-hydrogen) atoms. The second kappa shape index (κ2) is 6.67. The highest BCUT2D eigenvalue weighted by atomic mass is 35.5. The Balaban J connectivity index is 1.41. The molecule has 1 fully saturated rings. The fraction of sp³-hybridized carbons (Fsp3) is 0.444. The smallest absolute Gasteiger partial charge is 0.103 e. The maximum Gasteiger partial charge on any atom is 0.103 e. The van der Waals surface area contributed by atoms with E-state index in [1.54, 1.807) is 6.26 Å². The van der Waals surface area contributed by atoms with E-state index >= 15 is 0 Å². The lowest BCUT2D eigenvalue weighted by Crippen LogP contribution is -2.44. The molecule has 1 atom stereocenters. The van der Waals surface area contributed by atoms with Gasteiger partial charge in [-0.15, -0.1) is 0 Å². The molecule has 1 aromatic heterocycles. The molecule has 1 N–H and O–H groups in total. The molecule has 1 aliphatic carbocycles. The molecule has 2 aromatic rings. The second-order valence-electron chi connectivity index (χ2n) is 6.07. The lowest BCUT2D eigenvalue weighted by Gasteiger charge is -2.38. The summed E-state index contributed by atoms with van der Waals surface area (Å²) in [4.78, 5) is 0. The normalized spacial score (nSPS) is 22.8. The summed E-state index contributed by atoms with van der Waals surface area (Å²) < 4.78 is 5.37. The molecule has 1 heterocycles. The molecule has 1 aromatic carbocycles. The van der Waals surface area contributed by atoms with Crippen molar-refractivity contribution in [1.82, 2.24) is 5.32 Å². The van der Waals surface area contributed by atoms with Crippen molar-refractivity contribution >= 4 is 11.6 Å². The summed E-state index contributed by atoms with van der Waals surface area (Å²) in [7, 11) is 0. The SMILES string of the molecule is CC(CCc1ccco1)NC1CC(c2ccccc2Cl)C1. The van der Waals surface area contributed by atoms with Crippen LogP contribution in [-0.4, -0.2) is 12.1 Å². The van der Waals surface area contributed by atoms with Crippen molar-refractivity contribution in [3.8, 4) is 0 Å². The van der Waals surface area contributed by atoms with Gasteiger partial charge in [-0.05, 0) is 55.9 Å². The minimum Gasteiger partial charge on any atom is -0.469 e. The number of nitrogens with one attached hydrogen (secondary N) is 1. The average molecular weight is 304 g/mol. The monoisotopic (exact) mass is 303 g/mol. The fourth-order valence-electron chi connectivity index (χ4n) is 3.11. The lowest BCUT2D eigenvalue weighted by molar-refractivity contribution is 0.264. The van der Waals surface area contributed by atoms with Gasteiger partial charge in [0.15, 0.2) is 0 Å². The molecule has 0 aliphatic heterocycles. The Labute approximate surface area is 131 Å². The van der Waals surface area contributed by atoms with E-state index in [9.17, 15) is 0 Å². The van der Waals surface area contributed by atoms with E-state index in [0.717, 1.165) is 23.6 Å². The van der Waals surface area contributed by atoms with Crippen molar-refractivity contribution in [3.05, 3.63) is 59.0 Å². The van der Waals surface area contributed by atoms with E-state index in [4.69, 9.17) is 16.0 Å². The molecular formula is C18H22ClNO. The number of halogens is 1. The zero-order valence-electron chi connectivity index (χ0n) is 12.4. The van der Waals surface area contributed by atoms with Crippen molar-refractivity contribution in [2.45, 2.75) is 50.6 Å². The maximum atomic E-state index is 6.26. The first-order chi connectivity index (χ1) is 10.2. The first kappa shape index (κ1) is 14.7. The zero-order chi connectivity index (χ0) is 14.7. The maximum absolute atomic E-state index is 6.26. The van der Waals surface area contributed by atoms with Crippen LogP contribution in [0.4, 0.5) is 0 Å². The largest absolute Gasteiger partial charge is 0.469 e. The van der Waals surface area contributed by atoms with E-state index in [0.29, 0.717) is 18.0 Å². The van der Waals surface area contributed by atoms with Crippen LogP contribution in [0.25, 0.3) is 0 Å². The first-order valence-electron chi connectivity index (χ1n) is 7.75. The summed E-state index contributed by atoms with van der Waals surface area (Å²) in [5.41, 5.74) is 1.31. The Morgan fingerprint density at radius 3 is 2.76 bits per heavy atom. The van der Waals surface area contributed by atoms with E-state index in [-0.39, 0.29) is 0 Å². The molecular weight excluding hydrogens is 282 g/mol. The molecule has 1 aliphatic rings. The van der Waals surface area contributed by atoms with Gasteiger partial charge in [0, 0.05) is 23.5 Å². The topological polar surface area (TPSA) is 25.2 Å². The van der Waals surface area contributed by atoms with Crippen LogP contribution in [0.2, 0.25) is 5.02 Å². The van der Waals surface area contributed by atoms with Crippen LogP contribution >= 0.6 is 11.6 Å². The first-order valence-corrected chi connectivity index (χ1v) is 8.13. The summed E-state index contributed by atoms with van der Waals surface area (Å²) in [5, 5.41) is 4.62. The van der Waals surface area contributed by atoms with Crippen molar-refractivity contribution in [2.24, 2.45) is 0 Å². The van der Waals surface area contributed by atoms with Crippen LogP contribution < -0.4 is 5.32 Å². The van der Waals surface area contributed by atoms with Gasteiger partial charge < -0.3 is 9.73 Å². The van der Waals surface area contributed by atoms with Crippen molar-refractivity contribution in [2.75, 3.05) is 0 Å². The van der Waals surface area contributed by atoms with Crippen LogP contribution in [0, 0.1) is 0 Å². The third-order valence-corrected chi connectivity index (χ3v) is 4.75. The summed E-state index contributed by atoms with van der Waals surface area (Å²) >= 11 is 6.26. The Morgan fingerprint density at radius 2 is 2.05 bits per heavy atom. The van der Waals surface area contributed by atoms with Gasteiger partial charge in [-0.25, -0.2) is 0 Å². The lowest BCUT2D eigenvalue weighted by atomic mass is 9.75. The average Bonchev–Trinajstić information content (AvgIpc) is 2.94. The van der Waals surface area contributed by atoms with Gasteiger partial charge in [0.25, 0.3) is 0 Å². The van der Waals surface area contributed by atoms with E-state index < -0.39 is 0 Å². The molecule has 1 saturated carbocycles. The molecule has 0 spiro atoms. The predicted octanol–water partition coefficient (Wildman–Crippen LogP) is 4.79. The Bertz CT molecular complexity index is 560. The van der Waals surface area contributed by atoms with Crippen LogP contribution in [0.1, 0.15) is 43.4 Å². The van der Waals surface area contributed by atoms with Crippen LogP contribution in [0.15, 0.2) is 47.1 Å². The number of aryl methyl sites for hydroxylation is 1. The van der Waals surface area contributed by atoms with Crippen LogP contribution in [-0.2, 0) is 6.42 Å². The molecule has 112 valence electrons. The highest BCUT2D eigenvalue weighted by molar-refractivity contribution is 6.31. The van der Waals surface area contributed by atoms with Gasteiger partial charge in [-0.2, -0.15) is 0 Å². The number of hydrogen-bond acceptors (Lipinski definition) is 2. The number of furan rings is 1. The molecule has 0 amide bonds.